The lowest BCUT2D eigenvalue weighted by Gasteiger charge is -2.09. The molecule has 0 aliphatic heterocycles. The van der Waals surface area contributed by atoms with E-state index in [-0.39, 0.29) is 5.63 Å². The number of benzene rings is 1. The van der Waals surface area contributed by atoms with Crippen LogP contribution in [-0.2, 0) is 6.54 Å². The Morgan fingerprint density at radius 3 is 2.81 bits per heavy atom. The molecular formula is C16H16N2O3. The SMILES string of the molecule is COc1ccccc1Cn1nc2oc(=O)cc(C)c2c1C. The van der Waals surface area contributed by atoms with E-state index in [0.29, 0.717) is 12.3 Å². The maximum Gasteiger partial charge on any atom is 0.337 e. The first kappa shape index (κ1) is 13.4. The number of hydrogen-bond donors (Lipinski definition) is 0. The molecule has 21 heavy (non-hydrogen) atoms. The van der Waals surface area contributed by atoms with E-state index in [2.05, 4.69) is 5.10 Å². The molecule has 5 heteroatoms. The second kappa shape index (κ2) is 5.09. The highest BCUT2D eigenvalue weighted by Crippen LogP contribution is 2.23. The van der Waals surface area contributed by atoms with Crippen LogP contribution in [0.4, 0.5) is 0 Å². The van der Waals surface area contributed by atoms with Crippen LogP contribution in [0.25, 0.3) is 11.1 Å². The van der Waals surface area contributed by atoms with E-state index in [1.165, 1.54) is 6.07 Å². The molecule has 0 aliphatic rings. The van der Waals surface area contributed by atoms with E-state index >= 15 is 0 Å². The first-order valence-corrected chi connectivity index (χ1v) is 6.70. The van der Waals surface area contributed by atoms with Crippen LogP contribution < -0.4 is 10.4 Å². The average Bonchev–Trinajstić information content (AvgIpc) is 2.76. The minimum atomic E-state index is -0.373. The van der Waals surface area contributed by atoms with Crippen LogP contribution in [0.2, 0.25) is 0 Å². The number of para-hydroxylation sites is 1. The monoisotopic (exact) mass is 284 g/mol. The van der Waals surface area contributed by atoms with Crippen molar-refractivity contribution in [3.05, 3.63) is 57.6 Å². The quantitative estimate of drug-likeness (QED) is 0.742. The van der Waals surface area contributed by atoms with E-state index < -0.39 is 0 Å². The van der Waals surface area contributed by atoms with Crippen LogP contribution in [-0.4, -0.2) is 16.9 Å². The molecule has 5 nitrogen and oxygen atoms in total. The summed E-state index contributed by atoms with van der Waals surface area (Å²) in [5.74, 6) is 0.814. The Bertz CT molecular complexity index is 862. The smallest absolute Gasteiger partial charge is 0.337 e. The molecule has 2 heterocycles. The lowest BCUT2D eigenvalue weighted by molar-refractivity contribution is 0.407. The molecule has 1 aromatic carbocycles. The topological polar surface area (TPSA) is 57.3 Å². The maximum atomic E-state index is 11.4. The van der Waals surface area contributed by atoms with Crippen LogP contribution in [0.15, 0.2) is 39.5 Å². The highest BCUT2D eigenvalue weighted by molar-refractivity contribution is 5.79. The van der Waals surface area contributed by atoms with Gasteiger partial charge in [0.15, 0.2) is 0 Å². The Morgan fingerprint density at radius 1 is 1.29 bits per heavy atom. The molecule has 108 valence electrons. The number of nitrogens with zero attached hydrogens (tertiary/aromatic N) is 2. The van der Waals surface area contributed by atoms with Crippen LogP contribution >= 0.6 is 0 Å². The molecule has 0 N–H and O–H groups in total. The van der Waals surface area contributed by atoms with E-state index in [0.717, 1.165) is 28.0 Å². The van der Waals surface area contributed by atoms with E-state index in [1.54, 1.807) is 7.11 Å². The summed E-state index contributed by atoms with van der Waals surface area (Å²) in [6.07, 6.45) is 0. The minimum Gasteiger partial charge on any atom is -0.496 e. The molecule has 0 saturated heterocycles. The van der Waals surface area contributed by atoms with Crippen molar-refractivity contribution in [2.75, 3.05) is 7.11 Å². The van der Waals surface area contributed by atoms with Crippen molar-refractivity contribution in [3.63, 3.8) is 0 Å². The van der Waals surface area contributed by atoms with Gasteiger partial charge in [-0.05, 0) is 25.5 Å². The van der Waals surface area contributed by atoms with Gasteiger partial charge in [-0.3, -0.25) is 4.68 Å². The number of methoxy groups -OCH3 is 1. The summed E-state index contributed by atoms with van der Waals surface area (Å²) < 4.78 is 12.4. The van der Waals surface area contributed by atoms with Crippen molar-refractivity contribution < 1.29 is 9.15 Å². The molecule has 3 aromatic rings. The fraction of sp³-hybridized carbons (Fsp3) is 0.250. The molecule has 0 unspecified atom stereocenters. The molecule has 0 atom stereocenters. The van der Waals surface area contributed by atoms with Crippen molar-refractivity contribution in [1.82, 2.24) is 9.78 Å². The van der Waals surface area contributed by atoms with Gasteiger partial charge < -0.3 is 9.15 Å². The molecule has 0 fully saturated rings. The zero-order valence-electron chi connectivity index (χ0n) is 12.2. The Labute approximate surface area is 121 Å². The summed E-state index contributed by atoms with van der Waals surface area (Å²) >= 11 is 0. The Morgan fingerprint density at radius 2 is 2.05 bits per heavy atom. The zero-order chi connectivity index (χ0) is 15.0. The van der Waals surface area contributed by atoms with Crippen LogP contribution in [0.3, 0.4) is 0 Å². The average molecular weight is 284 g/mol. The van der Waals surface area contributed by atoms with Crippen molar-refractivity contribution in [1.29, 1.82) is 0 Å². The fourth-order valence-corrected chi connectivity index (χ4v) is 2.57. The molecule has 0 saturated carbocycles. The lowest BCUT2D eigenvalue weighted by Crippen LogP contribution is -2.05. The number of rotatable bonds is 3. The molecule has 3 rings (SSSR count). The Balaban J connectivity index is 2.11. The summed E-state index contributed by atoms with van der Waals surface area (Å²) in [4.78, 5) is 11.4. The number of aryl methyl sites for hydroxylation is 2. The van der Waals surface area contributed by atoms with Crippen molar-refractivity contribution in [2.45, 2.75) is 20.4 Å². The zero-order valence-corrected chi connectivity index (χ0v) is 12.2. The lowest BCUT2D eigenvalue weighted by atomic mass is 10.1. The second-order valence-corrected chi connectivity index (χ2v) is 4.98. The molecule has 0 radical (unpaired) electrons. The normalized spacial score (nSPS) is 11.0. The van der Waals surface area contributed by atoms with E-state index in [9.17, 15) is 4.79 Å². The Hall–Kier alpha value is -2.56. The van der Waals surface area contributed by atoms with Crippen molar-refractivity contribution in [2.24, 2.45) is 0 Å². The van der Waals surface area contributed by atoms with Crippen molar-refractivity contribution in [3.8, 4) is 5.75 Å². The summed E-state index contributed by atoms with van der Waals surface area (Å²) in [5, 5.41) is 5.29. The van der Waals surface area contributed by atoms with Crippen LogP contribution in [0.5, 0.6) is 5.75 Å². The molecule has 0 bridgehead atoms. The predicted molar refractivity (Wildman–Crippen MR) is 79.8 cm³/mol. The fourth-order valence-electron chi connectivity index (χ4n) is 2.57. The van der Waals surface area contributed by atoms with Gasteiger partial charge in [0.1, 0.15) is 5.75 Å². The molecule has 0 aliphatic carbocycles. The van der Waals surface area contributed by atoms with Crippen LogP contribution in [0, 0.1) is 13.8 Å². The highest BCUT2D eigenvalue weighted by atomic mass is 16.5. The van der Waals surface area contributed by atoms with Gasteiger partial charge in [-0.1, -0.05) is 18.2 Å². The van der Waals surface area contributed by atoms with Gasteiger partial charge in [0.05, 0.1) is 19.0 Å². The molecule has 2 aromatic heterocycles. The molecule has 0 spiro atoms. The summed E-state index contributed by atoms with van der Waals surface area (Å²) in [5.41, 5.74) is 2.88. The first-order chi connectivity index (χ1) is 10.1. The largest absolute Gasteiger partial charge is 0.496 e. The summed E-state index contributed by atoms with van der Waals surface area (Å²) in [6.45, 7) is 4.42. The van der Waals surface area contributed by atoms with Gasteiger partial charge in [-0.25, -0.2) is 4.79 Å². The first-order valence-electron chi connectivity index (χ1n) is 6.70. The third-order valence-electron chi connectivity index (χ3n) is 3.61. The van der Waals surface area contributed by atoms with Gasteiger partial charge in [-0.2, -0.15) is 0 Å². The third kappa shape index (κ3) is 2.31. The minimum absolute atomic E-state index is 0.373. The predicted octanol–water partition coefficient (Wildman–Crippen LogP) is 2.66. The molecular weight excluding hydrogens is 268 g/mol. The van der Waals surface area contributed by atoms with Crippen molar-refractivity contribution >= 4 is 11.1 Å². The maximum absolute atomic E-state index is 11.4. The van der Waals surface area contributed by atoms with Gasteiger partial charge in [0.2, 0.25) is 5.71 Å². The number of fused-ring (bicyclic) bond motifs is 1. The summed E-state index contributed by atoms with van der Waals surface area (Å²) in [6, 6.07) is 9.29. The summed E-state index contributed by atoms with van der Waals surface area (Å²) in [7, 11) is 1.65. The Kier molecular flexibility index (Phi) is 3.25. The van der Waals surface area contributed by atoms with Gasteiger partial charge >= 0.3 is 5.63 Å². The van der Waals surface area contributed by atoms with Gasteiger partial charge in [0, 0.05) is 17.3 Å². The van der Waals surface area contributed by atoms with E-state index in [4.69, 9.17) is 9.15 Å². The standard InChI is InChI=1S/C16H16N2O3/c1-10-8-14(19)21-16-15(10)11(2)18(17-16)9-12-6-4-5-7-13(12)20-3/h4-8H,9H2,1-3H3. The third-order valence-corrected chi connectivity index (χ3v) is 3.61. The molecule has 0 amide bonds. The highest BCUT2D eigenvalue weighted by Gasteiger charge is 2.14. The van der Waals surface area contributed by atoms with Gasteiger partial charge in [0.25, 0.3) is 0 Å². The van der Waals surface area contributed by atoms with Gasteiger partial charge in [-0.15, -0.1) is 5.10 Å². The number of hydrogen-bond acceptors (Lipinski definition) is 4. The second-order valence-electron chi connectivity index (χ2n) is 4.98. The number of ether oxygens (including phenoxy) is 1. The van der Waals surface area contributed by atoms with Crippen LogP contribution in [0.1, 0.15) is 16.8 Å². The van der Waals surface area contributed by atoms with E-state index in [1.807, 2.05) is 42.8 Å². The number of aromatic nitrogens is 2.